The molecule has 3 heterocycles. The number of fused-ring (bicyclic) bond motifs is 13. The van der Waals surface area contributed by atoms with Gasteiger partial charge in [0.2, 0.25) is 5.95 Å². The molecule has 204 valence electrons. The van der Waals surface area contributed by atoms with E-state index >= 15 is 0 Å². The summed E-state index contributed by atoms with van der Waals surface area (Å²) < 4.78 is 13.5. The van der Waals surface area contributed by atoms with Crippen LogP contribution in [0.5, 0.6) is 0 Å². The smallest absolute Gasteiger partial charge is 0.235 e. The van der Waals surface area contributed by atoms with Crippen LogP contribution in [0.3, 0.4) is 0 Å². The Hall–Kier alpha value is -5.58. The van der Waals surface area contributed by atoms with Gasteiger partial charge in [0.05, 0.1) is 28.3 Å². The number of nitrogens with zero attached hydrogens (tertiary/aromatic N) is 3. The first-order valence-electron chi connectivity index (χ1n) is 15.3. The van der Waals surface area contributed by atoms with Gasteiger partial charge in [-0.1, -0.05) is 121 Å². The molecule has 0 aliphatic rings. The number of aromatic nitrogens is 3. The lowest BCUT2D eigenvalue weighted by atomic mass is 9.97. The highest BCUT2D eigenvalue weighted by atomic mass is 32.1. The maximum atomic E-state index is 8.97. The number of hydrogen-bond acceptors (Lipinski definition) is 3. The summed E-state index contributed by atoms with van der Waals surface area (Å²) in [4.78, 5) is 10.6. The molecule has 0 radical (unpaired) electrons. The summed E-state index contributed by atoms with van der Waals surface area (Å²) in [6, 6.07) is 47.0. The molecular formula is C40H23N3S. The first-order chi connectivity index (χ1) is 22.3. The van der Waals surface area contributed by atoms with Crippen molar-refractivity contribution >= 4 is 85.8 Å². The van der Waals surface area contributed by atoms with Gasteiger partial charge < -0.3 is 0 Å². The van der Waals surface area contributed by atoms with E-state index in [-0.39, 0.29) is 0 Å². The molecule has 3 nitrogen and oxygen atoms in total. The summed E-state index contributed by atoms with van der Waals surface area (Å²) in [6.45, 7) is 0. The predicted molar refractivity (Wildman–Crippen MR) is 187 cm³/mol. The van der Waals surface area contributed by atoms with Gasteiger partial charge in [0, 0.05) is 37.2 Å². The van der Waals surface area contributed by atoms with Crippen molar-refractivity contribution in [3.05, 3.63) is 140 Å². The zero-order valence-corrected chi connectivity index (χ0v) is 24.3. The lowest BCUT2D eigenvalue weighted by Crippen LogP contribution is -2.03. The summed E-state index contributed by atoms with van der Waals surface area (Å²) >= 11 is 1.76. The Balaban J connectivity index is 1.50. The van der Waals surface area contributed by atoms with E-state index < -0.39 is 0 Å². The molecule has 0 fully saturated rings. The van der Waals surface area contributed by atoms with Crippen molar-refractivity contribution in [1.82, 2.24) is 14.5 Å². The Labute approximate surface area is 257 Å². The van der Waals surface area contributed by atoms with Crippen LogP contribution in [0.1, 0.15) is 1.37 Å². The van der Waals surface area contributed by atoms with E-state index in [1.807, 2.05) is 24.3 Å². The highest BCUT2D eigenvalue weighted by molar-refractivity contribution is 7.27. The zero-order valence-electron chi connectivity index (χ0n) is 24.5. The van der Waals surface area contributed by atoms with E-state index in [2.05, 4.69) is 114 Å². The number of thiophene rings is 1. The minimum atomic E-state index is 0.546. The lowest BCUT2D eigenvalue weighted by molar-refractivity contribution is 1.02. The fourth-order valence-corrected chi connectivity index (χ4v) is 8.28. The van der Waals surface area contributed by atoms with Gasteiger partial charge in [-0.3, -0.25) is 4.57 Å². The molecule has 4 heteroatoms. The lowest BCUT2D eigenvalue weighted by Gasteiger charge is -2.12. The molecule has 0 atom stereocenters. The Kier molecular flexibility index (Phi) is 4.67. The van der Waals surface area contributed by atoms with E-state index in [1.54, 1.807) is 11.3 Å². The second-order valence-corrected chi connectivity index (χ2v) is 12.3. The third kappa shape index (κ3) is 3.20. The van der Waals surface area contributed by atoms with Crippen molar-refractivity contribution in [2.24, 2.45) is 0 Å². The first kappa shape index (κ1) is 22.9. The summed E-state index contributed by atoms with van der Waals surface area (Å²) in [7, 11) is 0. The highest BCUT2D eigenvalue weighted by Gasteiger charge is 2.24. The van der Waals surface area contributed by atoms with Gasteiger partial charge in [-0.2, -0.15) is 0 Å². The fraction of sp³-hybridized carbons (Fsp3) is 0. The van der Waals surface area contributed by atoms with Crippen molar-refractivity contribution in [2.45, 2.75) is 0 Å². The van der Waals surface area contributed by atoms with Crippen LogP contribution in [-0.2, 0) is 0 Å². The van der Waals surface area contributed by atoms with Crippen molar-refractivity contribution in [2.75, 3.05) is 0 Å². The third-order valence-corrected chi connectivity index (χ3v) is 10.0. The second kappa shape index (κ2) is 8.96. The third-order valence-electron chi connectivity index (χ3n) is 8.88. The maximum Gasteiger partial charge on any atom is 0.235 e. The zero-order chi connectivity index (χ0) is 29.6. The van der Waals surface area contributed by atoms with Gasteiger partial charge in [0.15, 0.2) is 0 Å². The van der Waals surface area contributed by atoms with Crippen LogP contribution < -0.4 is 0 Å². The van der Waals surface area contributed by atoms with Crippen LogP contribution in [0.4, 0.5) is 0 Å². The van der Waals surface area contributed by atoms with E-state index in [0.29, 0.717) is 12.0 Å². The molecule has 0 N–H and O–H groups in total. The van der Waals surface area contributed by atoms with Gasteiger partial charge in [0.1, 0.15) is 0 Å². The van der Waals surface area contributed by atoms with Crippen LogP contribution in [0.15, 0.2) is 140 Å². The summed E-state index contributed by atoms with van der Waals surface area (Å²) in [5.74, 6) is 0.642. The monoisotopic (exact) mass is 578 g/mol. The Morgan fingerprint density at radius 3 is 2.11 bits per heavy atom. The molecule has 10 rings (SSSR count). The van der Waals surface area contributed by atoms with Crippen molar-refractivity contribution < 1.29 is 1.37 Å². The average molecular weight is 579 g/mol. The van der Waals surface area contributed by atoms with Crippen molar-refractivity contribution in [1.29, 1.82) is 0 Å². The van der Waals surface area contributed by atoms with E-state index in [9.17, 15) is 0 Å². The second-order valence-electron chi connectivity index (χ2n) is 11.3. The summed E-state index contributed by atoms with van der Waals surface area (Å²) in [5, 5.41) is 10.3. The average Bonchev–Trinajstić information content (AvgIpc) is 3.66. The van der Waals surface area contributed by atoms with E-state index in [1.165, 1.54) is 32.3 Å². The molecule has 0 aliphatic heterocycles. The normalized spacial score (nSPS) is 12.4. The number of para-hydroxylation sites is 1. The summed E-state index contributed by atoms with van der Waals surface area (Å²) in [5.41, 5.74) is 5.02. The van der Waals surface area contributed by atoms with Gasteiger partial charge in [-0.15, -0.1) is 11.3 Å². The molecule has 0 aliphatic carbocycles. The Bertz CT molecular complexity index is 2830. The molecule has 0 bridgehead atoms. The van der Waals surface area contributed by atoms with Crippen molar-refractivity contribution in [3.63, 3.8) is 0 Å². The van der Waals surface area contributed by atoms with E-state index in [0.717, 1.165) is 53.4 Å². The molecule has 7 aromatic carbocycles. The van der Waals surface area contributed by atoms with Gasteiger partial charge in [-0.25, -0.2) is 9.97 Å². The SMILES string of the molecule is [2H]c1cccc2sc3c(c4ccccc4c4c5c6ccccc6ccc5n(-c5nc(-c6ccccc6)c6ccccc6n5)c34)c12. The summed E-state index contributed by atoms with van der Waals surface area (Å²) in [6.07, 6.45) is 0. The molecule has 0 unspecified atom stereocenters. The van der Waals surface area contributed by atoms with Crippen LogP contribution >= 0.6 is 11.3 Å². The Morgan fingerprint density at radius 2 is 1.25 bits per heavy atom. The largest absolute Gasteiger partial charge is 0.276 e. The quantitative estimate of drug-likeness (QED) is 0.204. The van der Waals surface area contributed by atoms with Crippen LogP contribution in [0.2, 0.25) is 0 Å². The molecule has 44 heavy (non-hydrogen) atoms. The minimum absolute atomic E-state index is 0.546. The molecular weight excluding hydrogens is 555 g/mol. The number of benzene rings is 7. The molecule has 3 aromatic heterocycles. The predicted octanol–water partition coefficient (Wildman–Crippen LogP) is 11.1. The standard InChI is InChI=1S/C40H23N3S/c1-2-13-25(14-3-1)37-29-18-8-10-20-31(29)41-40(42-37)43-32-23-22-24-12-4-5-15-26(24)35(32)36-28-17-7-6-16-27(28)34-30-19-9-11-21-33(30)44-39(34)38(36)43/h1-23H/i19D. The fourth-order valence-electron chi connectivity index (χ4n) is 7.04. The van der Waals surface area contributed by atoms with Gasteiger partial charge in [-0.05, 0) is 39.7 Å². The van der Waals surface area contributed by atoms with Crippen LogP contribution in [-0.4, -0.2) is 14.5 Å². The Morgan fingerprint density at radius 1 is 0.545 bits per heavy atom. The molecule has 0 saturated heterocycles. The van der Waals surface area contributed by atoms with Gasteiger partial charge in [0.25, 0.3) is 0 Å². The van der Waals surface area contributed by atoms with Crippen LogP contribution in [0.25, 0.3) is 91.6 Å². The number of hydrogen-bond donors (Lipinski definition) is 0. The van der Waals surface area contributed by atoms with Crippen LogP contribution in [0, 0.1) is 0 Å². The molecule has 0 spiro atoms. The first-order valence-corrected chi connectivity index (χ1v) is 15.6. The van der Waals surface area contributed by atoms with E-state index in [4.69, 9.17) is 11.3 Å². The number of rotatable bonds is 2. The molecule has 0 saturated carbocycles. The topological polar surface area (TPSA) is 30.7 Å². The maximum absolute atomic E-state index is 8.97. The minimum Gasteiger partial charge on any atom is -0.276 e. The molecule has 0 amide bonds. The van der Waals surface area contributed by atoms with Crippen molar-refractivity contribution in [3.8, 4) is 17.2 Å². The molecule has 10 aromatic rings. The van der Waals surface area contributed by atoms with Gasteiger partial charge >= 0.3 is 0 Å². The highest BCUT2D eigenvalue weighted by Crippen LogP contribution is 2.49.